The molecule has 124 valence electrons. The van der Waals surface area contributed by atoms with Gasteiger partial charge in [-0.2, -0.15) is 0 Å². The average molecular weight is 358 g/mol. The van der Waals surface area contributed by atoms with Crippen molar-refractivity contribution >= 4 is 34.7 Å². The van der Waals surface area contributed by atoms with E-state index in [1.54, 1.807) is 16.2 Å². The number of para-hydroxylation sites is 1. The van der Waals surface area contributed by atoms with Crippen molar-refractivity contribution in [3.8, 4) is 10.7 Å². The van der Waals surface area contributed by atoms with Crippen LogP contribution in [0.15, 0.2) is 53.0 Å². The molecule has 0 radical (unpaired) electrons. The molecule has 2 aromatic heterocycles. The maximum absolute atomic E-state index is 12.5. The van der Waals surface area contributed by atoms with Crippen molar-refractivity contribution in [2.75, 3.05) is 17.2 Å². The molecule has 3 aromatic rings. The molecule has 2 heterocycles. The number of nitrogens with zero attached hydrogens (tertiary/aromatic N) is 4. The quantitative estimate of drug-likeness (QED) is 0.631. The van der Waals surface area contributed by atoms with Gasteiger partial charge in [0.25, 0.3) is 0 Å². The summed E-state index contributed by atoms with van der Waals surface area (Å²) in [7, 11) is 1.93. The lowest BCUT2D eigenvalue weighted by Gasteiger charge is -2.20. The maximum atomic E-state index is 12.5. The minimum Gasteiger partial charge on any atom is -0.312 e. The van der Waals surface area contributed by atoms with E-state index in [0.717, 1.165) is 21.5 Å². The molecule has 0 saturated carbocycles. The molecule has 0 aliphatic carbocycles. The Morgan fingerprint density at radius 1 is 1.21 bits per heavy atom. The fourth-order valence-electron chi connectivity index (χ4n) is 2.38. The van der Waals surface area contributed by atoms with Gasteiger partial charge in [-0.3, -0.25) is 4.79 Å². The number of thioether (sulfide) groups is 1. The second-order valence-corrected chi connectivity index (χ2v) is 6.99. The zero-order chi connectivity index (χ0) is 16.9. The minimum absolute atomic E-state index is 0.0642. The third-order valence-electron chi connectivity index (χ3n) is 3.59. The summed E-state index contributed by atoms with van der Waals surface area (Å²) in [4.78, 5) is 15.4. The highest BCUT2D eigenvalue weighted by atomic mass is 32.2. The molecule has 0 spiro atoms. The van der Waals surface area contributed by atoms with Crippen molar-refractivity contribution in [1.29, 1.82) is 0 Å². The lowest BCUT2D eigenvalue weighted by Crippen LogP contribution is -2.32. The fraction of sp³-hybridized carbons (Fsp3) is 0.235. The van der Waals surface area contributed by atoms with Crippen LogP contribution in [0.1, 0.15) is 6.92 Å². The van der Waals surface area contributed by atoms with E-state index >= 15 is 0 Å². The molecule has 24 heavy (non-hydrogen) atoms. The van der Waals surface area contributed by atoms with Gasteiger partial charge in [0.05, 0.1) is 10.6 Å². The maximum Gasteiger partial charge on any atom is 0.237 e. The molecule has 0 N–H and O–H groups in total. The van der Waals surface area contributed by atoms with Gasteiger partial charge in [-0.05, 0) is 30.5 Å². The van der Waals surface area contributed by atoms with E-state index in [-0.39, 0.29) is 5.91 Å². The van der Waals surface area contributed by atoms with Gasteiger partial charge in [0, 0.05) is 19.3 Å². The number of rotatable bonds is 6. The number of hydrogen-bond acceptors (Lipinski definition) is 5. The van der Waals surface area contributed by atoms with E-state index in [1.165, 1.54) is 11.8 Å². The van der Waals surface area contributed by atoms with Gasteiger partial charge in [0.1, 0.15) is 0 Å². The first-order valence-electron chi connectivity index (χ1n) is 7.62. The number of carbonyl (C=O) groups excluding carboxylic acids is 1. The average Bonchev–Trinajstić information content (AvgIpc) is 3.24. The molecule has 0 aliphatic rings. The predicted molar refractivity (Wildman–Crippen MR) is 99.5 cm³/mol. The van der Waals surface area contributed by atoms with E-state index in [0.29, 0.717) is 12.3 Å². The van der Waals surface area contributed by atoms with Crippen LogP contribution < -0.4 is 4.90 Å². The lowest BCUT2D eigenvalue weighted by atomic mass is 10.3. The monoisotopic (exact) mass is 358 g/mol. The Balaban J connectivity index is 1.68. The highest BCUT2D eigenvalue weighted by Gasteiger charge is 2.17. The van der Waals surface area contributed by atoms with Gasteiger partial charge in [0.2, 0.25) is 5.91 Å². The molecular weight excluding hydrogens is 340 g/mol. The number of amides is 1. The SMILES string of the molecule is CCN(C(=O)CSc1nnc(-c2cccs2)n1C)c1ccccc1. The highest BCUT2D eigenvalue weighted by Crippen LogP contribution is 2.26. The Morgan fingerprint density at radius 3 is 2.67 bits per heavy atom. The second kappa shape index (κ2) is 7.63. The number of hydrogen-bond donors (Lipinski definition) is 0. The zero-order valence-electron chi connectivity index (χ0n) is 13.5. The number of carbonyl (C=O) groups is 1. The van der Waals surface area contributed by atoms with E-state index in [9.17, 15) is 4.79 Å². The summed E-state index contributed by atoms with van der Waals surface area (Å²) in [6.45, 7) is 2.62. The van der Waals surface area contributed by atoms with Crippen molar-refractivity contribution in [2.24, 2.45) is 7.05 Å². The molecule has 3 rings (SSSR count). The smallest absolute Gasteiger partial charge is 0.237 e. The molecule has 0 unspecified atom stereocenters. The molecule has 0 aliphatic heterocycles. The number of thiophene rings is 1. The number of aromatic nitrogens is 3. The molecule has 5 nitrogen and oxygen atoms in total. The van der Waals surface area contributed by atoms with Gasteiger partial charge in [-0.1, -0.05) is 36.0 Å². The predicted octanol–water partition coefficient (Wildman–Crippen LogP) is 3.69. The van der Waals surface area contributed by atoms with Gasteiger partial charge in [-0.15, -0.1) is 21.5 Å². The van der Waals surface area contributed by atoms with Crippen LogP contribution in [0.2, 0.25) is 0 Å². The normalized spacial score (nSPS) is 10.8. The molecule has 0 fully saturated rings. The first kappa shape index (κ1) is 16.7. The van der Waals surface area contributed by atoms with E-state index in [4.69, 9.17) is 0 Å². The van der Waals surface area contributed by atoms with Crippen molar-refractivity contribution in [3.63, 3.8) is 0 Å². The van der Waals surface area contributed by atoms with Crippen molar-refractivity contribution in [1.82, 2.24) is 14.8 Å². The van der Waals surface area contributed by atoms with Crippen molar-refractivity contribution in [3.05, 3.63) is 47.8 Å². The second-order valence-electron chi connectivity index (χ2n) is 5.10. The first-order valence-corrected chi connectivity index (χ1v) is 9.48. The Labute approximate surface area is 149 Å². The molecule has 0 bridgehead atoms. The molecule has 0 saturated heterocycles. The van der Waals surface area contributed by atoms with Gasteiger partial charge >= 0.3 is 0 Å². The first-order chi connectivity index (χ1) is 11.7. The topological polar surface area (TPSA) is 51.0 Å². The van der Waals surface area contributed by atoms with Crippen LogP contribution in [0.4, 0.5) is 5.69 Å². The summed E-state index contributed by atoms with van der Waals surface area (Å²) in [6.07, 6.45) is 0. The minimum atomic E-state index is 0.0642. The van der Waals surface area contributed by atoms with Crippen LogP contribution in [-0.4, -0.2) is 33.0 Å². The Morgan fingerprint density at radius 2 is 2.00 bits per heavy atom. The molecule has 1 amide bonds. The third kappa shape index (κ3) is 3.52. The van der Waals surface area contributed by atoms with Crippen LogP contribution in [0.25, 0.3) is 10.7 Å². The van der Waals surface area contributed by atoms with Crippen LogP contribution >= 0.6 is 23.1 Å². The zero-order valence-corrected chi connectivity index (χ0v) is 15.2. The summed E-state index contributed by atoms with van der Waals surface area (Å²) < 4.78 is 1.93. The Bertz CT molecular complexity index is 799. The summed E-state index contributed by atoms with van der Waals surface area (Å²) in [5.41, 5.74) is 0.919. The van der Waals surface area contributed by atoms with Gasteiger partial charge in [-0.25, -0.2) is 0 Å². The molecule has 7 heteroatoms. The molecular formula is C17H18N4OS2. The van der Waals surface area contributed by atoms with Crippen LogP contribution in [0, 0.1) is 0 Å². The van der Waals surface area contributed by atoms with E-state index < -0.39 is 0 Å². The van der Waals surface area contributed by atoms with Crippen LogP contribution in [0.5, 0.6) is 0 Å². The van der Waals surface area contributed by atoms with Crippen LogP contribution in [0.3, 0.4) is 0 Å². The Hall–Kier alpha value is -2.12. The molecule has 1 aromatic carbocycles. The fourth-order valence-corrected chi connectivity index (χ4v) is 3.91. The summed E-state index contributed by atoms with van der Waals surface area (Å²) >= 11 is 3.04. The summed E-state index contributed by atoms with van der Waals surface area (Å²) in [6, 6.07) is 13.7. The molecule has 0 atom stereocenters. The number of anilines is 1. The summed E-state index contributed by atoms with van der Waals surface area (Å²) in [5.74, 6) is 1.23. The highest BCUT2D eigenvalue weighted by molar-refractivity contribution is 7.99. The van der Waals surface area contributed by atoms with Crippen molar-refractivity contribution in [2.45, 2.75) is 12.1 Å². The van der Waals surface area contributed by atoms with Crippen molar-refractivity contribution < 1.29 is 4.79 Å². The number of benzene rings is 1. The van der Waals surface area contributed by atoms with Crippen LogP contribution in [-0.2, 0) is 11.8 Å². The van der Waals surface area contributed by atoms with E-state index in [2.05, 4.69) is 10.2 Å². The lowest BCUT2D eigenvalue weighted by molar-refractivity contribution is -0.116. The Kier molecular flexibility index (Phi) is 5.32. The van der Waals surface area contributed by atoms with Gasteiger partial charge in [0.15, 0.2) is 11.0 Å². The van der Waals surface area contributed by atoms with E-state index in [1.807, 2.05) is 66.4 Å². The standard InChI is InChI=1S/C17H18N4OS2/c1-3-21(13-8-5-4-6-9-13)15(22)12-24-17-19-18-16(20(17)2)14-10-7-11-23-14/h4-11H,3,12H2,1-2H3. The largest absolute Gasteiger partial charge is 0.312 e. The van der Waals surface area contributed by atoms with Gasteiger partial charge < -0.3 is 9.47 Å². The third-order valence-corrected chi connectivity index (χ3v) is 5.46. The summed E-state index contributed by atoms with van der Waals surface area (Å²) in [5, 5.41) is 11.2.